The number of amides is 1. The second-order valence-electron chi connectivity index (χ2n) is 5.01. The highest BCUT2D eigenvalue weighted by Crippen LogP contribution is 2.38. The van der Waals surface area contributed by atoms with Crippen LogP contribution in [0.15, 0.2) is 48.9 Å². The van der Waals surface area contributed by atoms with Gasteiger partial charge in [0.25, 0.3) is 5.91 Å². The van der Waals surface area contributed by atoms with Gasteiger partial charge in [-0.15, -0.1) is 0 Å². The van der Waals surface area contributed by atoms with Gasteiger partial charge in [0, 0.05) is 10.0 Å². The van der Waals surface area contributed by atoms with Gasteiger partial charge in [0.2, 0.25) is 6.10 Å². The fourth-order valence-corrected chi connectivity index (χ4v) is 4.42. The Kier molecular flexibility index (Phi) is 5.65. The van der Waals surface area contributed by atoms with E-state index in [2.05, 4.69) is 58.3 Å². The van der Waals surface area contributed by atoms with Crippen LogP contribution in [0.2, 0.25) is 0 Å². The normalized spacial score (nSPS) is 16.0. The molecule has 130 valence electrons. The molecule has 1 aliphatic heterocycles. The summed E-state index contributed by atoms with van der Waals surface area (Å²) in [7, 11) is 0. The SMILES string of the molecule is O=C(N/N=C/c1c(Br)cc(Br)c(O)c1Br)C1COc2ccccc2O1. The number of fused-ring (bicyclic) bond motifs is 1. The van der Waals surface area contributed by atoms with E-state index in [0.29, 0.717) is 30.5 Å². The molecule has 0 aliphatic carbocycles. The molecule has 9 heteroatoms. The lowest BCUT2D eigenvalue weighted by Crippen LogP contribution is -2.42. The smallest absolute Gasteiger partial charge is 0.284 e. The number of benzene rings is 2. The van der Waals surface area contributed by atoms with Crippen molar-refractivity contribution in [2.75, 3.05) is 6.61 Å². The van der Waals surface area contributed by atoms with Gasteiger partial charge in [0.05, 0.1) is 15.2 Å². The molecule has 3 rings (SSSR count). The highest BCUT2D eigenvalue weighted by Gasteiger charge is 2.27. The van der Waals surface area contributed by atoms with Crippen molar-refractivity contribution in [1.82, 2.24) is 5.43 Å². The molecular formula is C16H11Br3N2O4. The van der Waals surface area contributed by atoms with Gasteiger partial charge in [-0.25, -0.2) is 5.43 Å². The first-order chi connectivity index (χ1) is 12.0. The standard InChI is InChI=1S/C16H11Br3N2O4/c17-9-5-10(18)15(22)14(19)8(9)6-20-21-16(23)13-7-24-11-3-1-2-4-12(11)25-13/h1-6,13,22H,7H2,(H,21,23)/b20-6+. The van der Waals surface area contributed by atoms with E-state index in [4.69, 9.17) is 9.47 Å². The monoisotopic (exact) mass is 532 g/mol. The number of halogens is 3. The van der Waals surface area contributed by atoms with Crippen molar-refractivity contribution < 1.29 is 19.4 Å². The number of ether oxygens (including phenoxy) is 2. The quantitative estimate of drug-likeness (QED) is 0.461. The number of hydrogen-bond donors (Lipinski definition) is 2. The van der Waals surface area contributed by atoms with Gasteiger partial charge in [0.1, 0.15) is 12.4 Å². The predicted octanol–water partition coefficient (Wildman–Crippen LogP) is 3.97. The molecule has 0 spiro atoms. The minimum atomic E-state index is -0.794. The summed E-state index contributed by atoms with van der Waals surface area (Å²) in [6.07, 6.45) is 0.618. The zero-order valence-corrected chi connectivity index (χ0v) is 17.3. The van der Waals surface area contributed by atoms with Crippen LogP contribution in [0.25, 0.3) is 0 Å². The Bertz CT molecular complexity index is 858. The minimum absolute atomic E-state index is 0.0385. The van der Waals surface area contributed by atoms with Crippen LogP contribution in [-0.2, 0) is 4.79 Å². The Balaban J connectivity index is 1.67. The molecule has 0 saturated heterocycles. The molecule has 1 unspecified atom stereocenters. The lowest BCUT2D eigenvalue weighted by molar-refractivity contribution is -0.130. The zero-order valence-electron chi connectivity index (χ0n) is 12.5. The number of rotatable bonds is 3. The molecule has 0 radical (unpaired) electrons. The fraction of sp³-hybridized carbons (Fsp3) is 0.125. The van der Waals surface area contributed by atoms with Gasteiger partial charge >= 0.3 is 0 Å². The highest BCUT2D eigenvalue weighted by atomic mass is 79.9. The molecule has 2 aromatic rings. The van der Waals surface area contributed by atoms with E-state index in [9.17, 15) is 9.90 Å². The van der Waals surface area contributed by atoms with Crippen LogP contribution in [0.5, 0.6) is 17.2 Å². The first-order valence-electron chi connectivity index (χ1n) is 7.05. The van der Waals surface area contributed by atoms with Crippen molar-refractivity contribution in [3.63, 3.8) is 0 Å². The Morgan fingerprint density at radius 2 is 1.96 bits per heavy atom. The summed E-state index contributed by atoms with van der Waals surface area (Å²) in [6, 6.07) is 8.82. The molecule has 1 atom stereocenters. The van der Waals surface area contributed by atoms with Gasteiger partial charge in [-0.2, -0.15) is 5.10 Å². The minimum Gasteiger partial charge on any atom is -0.506 e. The third-order valence-corrected chi connectivity index (χ3v) is 5.41. The zero-order chi connectivity index (χ0) is 18.0. The first kappa shape index (κ1) is 18.2. The van der Waals surface area contributed by atoms with Gasteiger partial charge in [-0.1, -0.05) is 28.1 Å². The summed E-state index contributed by atoms with van der Waals surface area (Å²) in [5.41, 5.74) is 2.99. The summed E-state index contributed by atoms with van der Waals surface area (Å²) in [6.45, 7) is 0.102. The molecular weight excluding hydrogens is 524 g/mol. The number of carbonyl (C=O) groups is 1. The van der Waals surface area contributed by atoms with Crippen molar-refractivity contribution in [3.05, 3.63) is 49.3 Å². The Morgan fingerprint density at radius 1 is 1.24 bits per heavy atom. The molecule has 0 aromatic heterocycles. The van der Waals surface area contributed by atoms with Gasteiger partial charge in [0.15, 0.2) is 11.5 Å². The van der Waals surface area contributed by atoms with Gasteiger partial charge in [-0.05, 0) is 50.1 Å². The topological polar surface area (TPSA) is 80.2 Å². The van der Waals surface area contributed by atoms with E-state index in [1.54, 1.807) is 24.3 Å². The van der Waals surface area contributed by atoms with Crippen LogP contribution in [0, 0.1) is 0 Å². The van der Waals surface area contributed by atoms with Crippen LogP contribution in [-0.4, -0.2) is 29.9 Å². The molecule has 0 bridgehead atoms. The van der Waals surface area contributed by atoms with E-state index in [1.165, 1.54) is 6.21 Å². The van der Waals surface area contributed by atoms with Crippen LogP contribution in [0.1, 0.15) is 5.56 Å². The maximum absolute atomic E-state index is 12.2. The number of hydrazone groups is 1. The number of nitrogens with zero attached hydrogens (tertiary/aromatic N) is 1. The maximum atomic E-state index is 12.2. The van der Waals surface area contributed by atoms with Crippen molar-refractivity contribution >= 4 is 59.9 Å². The Morgan fingerprint density at radius 3 is 2.72 bits per heavy atom. The second kappa shape index (κ2) is 7.76. The second-order valence-corrected chi connectivity index (χ2v) is 7.52. The number of hydrogen-bond acceptors (Lipinski definition) is 5. The van der Waals surface area contributed by atoms with E-state index in [0.717, 1.165) is 0 Å². The number of aromatic hydroxyl groups is 1. The molecule has 0 saturated carbocycles. The highest BCUT2D eigenvalue weighted by molar-refractivity contribution is 9.11. The summed E-state index contributed by atoms with van der Waals surface area (Å²) in [5.74, 6) is 0.727. The molecule has 2 N–H and O–H groups in total. The number of para-hydroxylation sites is 2. The van der Waals surface area contributed by atoms with E-state index in [-0.39, 0.29) is 12.4 Å². The van der Waals surface area contributed by atoms with Crippen LogP contribution >= 0.6 is 47.8 Å². The molecule has 0 fully saturated rings. The number of nitrogens with one attached hydrogen (secondary N) is 1. The number of carbonyl (C=O) groups excluding carboxylic acids is 1. The Hall–Kier alpha value is -1.58. The van der Waals surface area contributed by atoms with Crippen molar-refractivity contribution in [3.8, 4) is 17.2 Å². The summed E-state index contributed by atoms with van der Waals surface area (Å²) < 4.78 is 12.8. The van der Waals surface area contributed by atoms with E-state index in [1.807, 2.05) is 6.07 Å². The molecule has 6 nitrogen and oxygen atoms in total. The molecule has 25 heavy (non-hydrogen) atoms. The summed E-state index contributed by atoms with van der Waals surface area (Å²) in [5, 5.41) is 13.8. The lowest BCUT2D eigenvalue weighted by Gasteiger charge is -2.24. The third kappa shape index (κ3) is 3.99. The molecule has 2 aromatic carbocycles. The average molecular weight is 535 g/mol. The summed E-state index contributed by atoms with van der Waals surface area (Å²) in [4.78, 5) is 12.2. The predicted molar refractivity (Wildman–Crippen MR) is 103 cm³/mol. The van der Waals surface area contributed by atoms with Gasteiger partial charge < -0.3 is 14.6 Å². The maximum Gasteiger partial charge on any atom is 0.284 e. The van der Waals surface area contributed by atoms with E-state index >= 15 is 0 Å². The molecule has 1 heterocycles. The van der Waals surface area contributed by atoms with Crippen molar-refractivity contribution in [2.24, 2.45) is 5.10 Å². The lowest BCUT2D eigenvalue weighted by atomic mass is 10.2. The first-order valence-corrected chi connectivity index (χ1v) is 9.43. The van der Waals surface area contributed by atoms with Crippen LogP contribution < -0.4 is 14.9 Å². The Labute approximate surface area is 168 Å². The average Bonchev–Trinajstić information content (AvgIpc) is 2.62. The summed E-state index contributed by atoms with van der Waals surface area (Å²) >= 11 is 9.89. The molecule has 1 aliphatic rings. The molecule has 1 amide bonds. The fourth-order valence-electron chi connectivity index (χ4n) is 2.09. The van der Waals surface area contributed by atoms with Crippen LogP contribution in [0.4, 0.5) is 0 Å². The largest absolute Gasteiger partial charge is 0.506 e. The van der Waals surface area contributed by atoms with Crippen molar-refractivity contribution in [1.29, 1.82) is 0 Å². The van der Waals surface area contributed by atoms with Gasteiger partial charge in [-0.3, -0.25) is 4.79 Å². The van der Waals surface area contributed by atoms with Crippen molar-refractivity contribution in [2.45, 2.75) is 6.10 Å². The number of phenols is 1. The number of phenolic OH excluding ortho intramolecular Hbond substituents is 1. The third-order valence-electron chi connectivity index (χ3n) is 3.35. The van der Waals surface area contributed by atoms with Crippen LogP contribution in [0.3, 0.4) is 0 Å². The van der Waals surface area contributed by atoms with E-state index < -0.39 is 12.0 Å².